The summed E-state index contributed by atoms with van der Waals surface area (Å²) in [5.74, 6) is -0.127. The van der Waals surface area contributed by atoms with E-state index >= 15 is 0 Å². The highest BCUT2D eigenvalue weighted by Crippen LogP contribution is 2.05. The third kappa shape index (κ3) is 5.24. The van der Waals surface area contributed by atoms with Gasteiger partial charge in [-0.05, 0) is 32.0 Å². The molecule has 0 radical (unpaired) electrons. The van der Waals surface area contributed by atoms with Crippen LogP contribution in [-0.2, 0) is 6.54 Å². The minimum Gasteiger partial charge on any atom is -0.330 e. The van der Waals surface area contributed by atoms with E-state index in [9.17, 15) is 4.39 Å². The van der Waals surface area contributed by atoms with Crippen LogP contribution in [0.15, 0.2) is 24.3 Å². The van der Waals surface area contributed by atoms with Crippen molar-refractivity contribution in [1.82, 2.24) is 5.32 Å². The number of nitrogens with two attached hydrogens (primary N) is 1. The van der Waals surface area contributed by atoms with Gasteiger partial charge in [-0.25, -0.2) is 4.39 Å². The zero-order valence-electron chi connectivity index (χ0n) is 9.71. The first-order valence-corrected chi connectivity index (χ1v) is 5.99. The first-order valence-electron chi connectivity index (χ1n) is 5.99. The molecule has 0 aliphatic carbocycles. The Morgan fingerprint density at radius 2 is 1.81 bits per heavy atom. The lowest BCUT2D eigenvalue weighted by Gasteiger charge is -2.05. The minimum atomic E-state index is -0.127. The van der Waals surface area contributed by atoms with Crippen LogP contribution in [0, 0.1) is 5.82 Å². The summed E-state index contributed by atoms with van der Waals surface area (Å²) in [5.41, 5.74) is 6.15. The normalized spacial score (nSPS) is 10.6. The number of unbranched alkanes of at least 4 members (excludes halogenated alkanes) is 3. The van der Waals surface area contributed by atoms with E-state index in [-0.39, 0.29) is 5.82 Å². The smallest absolute Gasteiger partial charge is 0.127 e. The molecule has 3 N–H and O–H groups in total. The number of hydrogen-bond acceptors (Lipinski definition) is 2. The molecule has 0 amide bonds. The summed E-state index contributed by atoms with van der Waals surface area (Å²) in [6.45, 7) is 2.34. The van der Waals surface area contributed by atoms with Crippen LogP contribution in [-0.4, -0.2) is 13.1 Å². The van der Waals surface area contributed by atoms with E-state index < -0.39 is 0 Å². The van der Waals surface area contributed by atoms with Crippen LogP contribution < -0.4 is 11.1 Å². The van der Waals surface area contributed by atoms with Gasteiger partial charge in [-0.3, -0.25) is 0 Å². The standard InChI is InChI=1S/C13H21FN2/c14-13-8-4-3-7-12(13)11-16-10-6-2-1-5-9-15/h3-4,7-8,16H,1-2,5-6,9-11,15H2. The Morgan fingerprint density at radius 1 is 1.06 bits per heavy atom. The average Bonchev–Trinajstić information content (AvgIpc) is 2.30. The summed E-state index contributed by atoms with van der Waals surface area (Å²) in [4.78, 5) is 0. The molecule has 0 saturated carbocycles. The quantitative estimate of drug-likeness (QED) is 0.666. The Balaban J connectivity index is 2.05. The lowest BCUT2D eigenvalue weighted by molar-refractivity contribution is 0.564. The van der Waals surface area contributed by atoms with Gasteiger partial charge in [0.05, 0.1) is 0 Å². The van der Waals surface area contributed by atoms with Gasteiger partial charge in [-0.2, -0.15) is 0 Å². The van der Waals surface area contributed by atoms with Crippen molar-refractivity contribution in [3.8, 4) is 0 Å². The molecule has 0 saturated heterocycles. The topological polar surface area (TPSA) is 38.0 Å². The van der Waals surface area contributed by atoms with E-state index in [0.717, 1.165) is 31.5 Å². The maximum Gasteiger partial charge on any atom is 0.127 e. The first-order chi connectivity index (χ1) is 7.84. The third-order valence-corrected chi connectivity index (χ3v) is 2.58. The zero-order valence-corrected chi connectivity index (χ0v) is 9.71. The van der Waals surface area contributed by atoms with Crippen molar-refractivity contribution in [2.75, 3.05) is 13.1 Å². The van der Waals surface area contributed by atoms with Crippen molar-refractivity contribution in [2.45, 2.75) is 32.2 Å². The number of rotatable bonds is 8. The van der Waals surface area contributed by atoms with Crippen LogP contribution in [0.1, 0.15) is 31.2 Å². The van der Waals surface area contributed by atoms with E-state index in [0.29, 0.717) is 6.54 Å². The third-order valence-electron chi connectivity index (χ3n) is 2.58. The average molecular weight is 224 g/mol. The second-order valence-corrected chi connectivity index (χ2v) is 3.97. The summed E-state index contributed by atoms with van der Waals surface area (Å²) < 4.78 is 13.2. The molecule has 0 unspecified atom stereocenters. The van der Waals surface area contributed by atoms with Crippen molar-refractivity contribution in [2.24, 2.45) is 5.73 Å². The van der Waals surface area contributed by atoms with Crippen molar-refractivity contribution < 1.29 is 4.39 Å². The van der Waals surface area contributed by atoms with Crippen LogP contribution in [0.5, 0.6) is 0 Å². The molecule has 0 aliphatic rings. The maximum atomic E-state index is 13.2. The monoisotopic (exact) mass is 224 g/mol. The molecule has 0 fully saturated rings. The molecule has 1 aromatic rings. The number of benzene rings is 1. The lowest BCUT2D eigenvalue weighted by Crippen LogP contribution is -2.15. The van der Waals surface area contributed by atoms with Gasteiger partial charge in [0.25, 0.3) is 0 Å². The van der Waals surface area contributed by atoms with Crippen molar-refractivity contribution >= 4 is 0 Å². The van der Waals surface area contributed by atoms with Gasteiger partial charge >= 0.3 is 0 Å². The molecule has 0 bridgehead atoms. The van der Waals surface area contributed by atoms with Crippen LogP contribution in [0.25, 0.3) is 0 Å². The Bertz CT molecular complexity index is 289. The molecule has 0 aromatic heterocycles. The number of nitrogens with one attached hydrogen (secondary N) is 1. The van der Waals surface area contributed by atoms with Crippen molar-refractivity contribution in [3.05, 3.63) is 35.6 Å². The highest BCUT2D eigenvalue weighted by Gasteiger charge is 1.98. The molecular formula is C13H21FN2. The van der Waals surface area contributed by atoms with Gasteiger partial charge < -0.3 is 11.1 Å². The lowest BCUT2D eigenvalue weighted by atomic mass is 10.2. The van der Waals surface area contributed by atoms with E-state index in [1.807, 2.05) is 12.1 Å². The van der Waals surface area contributed by atoms with Gasteiger partial charge in [-0.1, -0.05) is 31.0 Å². The van der Waals surface area contributed by atoms with Gasteiger partial charge in [0.1, 0.15) is 5.82 Å². The Kier molecular flexibility index (Phi) is 6.77. The van der Waals surface area contributed by atoms with Crippen LogP contribution in [0.4, 0.5) is 4.39 Å². The van der Waals surface area contributed by atoms with Crippen LogP contribution >= 0.6 is 0 Å². The largest absolute Gasteiger partial charge is 0.330 e. The Labute approximate surface area is 97.0 Å². The maximum absolute atomic E-state index is 13.2. The summed E-state index contributed by atoms with van der Waals surface area (Å²) in [5, 5.41) is 3.25. The van der Waals surface area contributed by atoms with E-state index in [1.54, 1.807) is 6.07 Å². The van der Waals surface area contributed by atoms with Gasteiger partial charge in [-0.15, -0.1) is 0 Å². The van der Waals surface area contributed by atoms with Crippen molar-refractivity contribution in [1.29, 1.82) is 0 Å². The molecule has 90 valence electrons. The molecule has 16 heavy (non-hydrogen) atoms. The van der Waals surface area contributed by atoms with Gasteiger partial charge in [0.2, 0.25) is 0 Å². The highest BCUT2D eigenvalue weighted by atomic mass is 19.1. The SMILES string of the molecule is NCCCCCCNCc1ccccc1F. The molecule has 1 aromatic carbocycles. The fourth-order valence-corrected chi connectivity index (χ4v) is 1.61. The zero-order chi connectivity index (χ0) is 11.6. The first kappa shape index (κ1) is 13.1. The summed E-state index contributed by atoms with van der Waals surface area (Å²) in [7, 11) is 0. The van der Waals surface area contributed by atoms with Gasteiger partial charge in [0, 0.05) is 12.1 Å². The molecular weight excluding hydrogens is 203 g/mol. The molecule has 3 heteroatoms. The minimum absolute atomic E-state index is 0.127. The fourth-order valence-electron chi connectivity index (χ4n) is 1.61. The number of hydrogen-bond donors (Lipinski definition) is 2. The molecule has 0 atom stereocenters. The van der Waals surface area contributed by atoms with Crippen molar-refractivity contribution in [3.63, 3.8) is 0 Å². The second-order valence-electron chi connectivity index (χ2n) is 3.97. The predicted molar refractivity (Wildman–Crippen MR) is 65.6 cm³/mol. The van der Waals surface area contributed by atoms with E-state index in [2.05, 4.69) is 5.32 Å². The van der Waals surface area contributed by atoms with Gasteiger partial charge in [0.15, 0.2) is 0 Å². The molecule has 1 rings (SSSR count). The summed E-state index contributed by atoms with van der Waals surface area (Å²) in [6, 6.07) is 6.89. The Hall–Kier alpha value is -0.930. The predicted octanol–water partition coefficient (Wildman–Crippen LogP) is 2.43. The Morgan fingerprint density at radius 3 is 2.56 bits per heavy atom. The fraction of sp³-hybridized carbons (Fsp3) is 0.538. The molecule has 0 aliphatic heterocycles. The van der Waals surface area contributed by atoms with Crippen LogP contribution in [0.3, 0.4) is 0 Å². The van der Waals surface area contributed by atoms with Crippen LogP contribution in [0.2, 0.25) is 0 Å². The summed E-state index contributed by atoms with van der Waals surface area (Å²) in [6.07, 6.45) is 4.63. The van der Waals surface area contributed by atoms with E-state index in [4.69, 9.17) is 5.73 Å². The highest BCUT2D eigenvalue weighted by molar-refractivity contribution is 5.16. The summed E-state index contributed by atoms with van der Waals surface area (Å²) >= 11 is 0. The molecule has 2 nitrogen and oxygen atoms in total. The molecule has 0 spiro atoms. The molecule has 0 heterocycles. The number of halogens is 1. The second kappa shape index (κ2) is 8.25. The van der Waals surface area contributed by atoms with E-state index in [1.165, 1.54) is 18.9 Å².